The average molecular weight is 365 g/mol. The highest BCUT2D eigenvalue weighted by Crippen LogP contribution is 2.23. The first-order valence-corrected chi connectivity index (χ1v) is 9.19. The molecule has 5 nitrogen and oxygen atoms in total. The maximum absolute atomic E-state index is 12.4. The molecule has 0 unspecified atom stereocenters. The summed E-state index contributed by atoms with van der Waals surface area (Å²) in [5.74, 6) is -0.575. The standard InChI is InChI=1S/C22H23NO4/c1-16(17-7-3-2-4-8-17)13-22(26)27-15-20(24)18-9-5-10-19(14-18)23-12-6-11-21(23)25/h2-5,7-10,14,16H,6,11-13,15H2,1H3/t16-/m1/s1. The van der Waals surface area contributed by atoms with Gasteiger partial charge in [-0.25, -0.2) is 0 Å². The number of benzene rings is 2. The van der Waals surface area contributed by atoms with Crippen molar-refractivity contribution in [3.8, 4) is 0 Å². The van der Waals surface area contributed by atoms with Crippen LogP contribution in [0.25, 0.3) is 0 Å². The second-order valence-electron chi connectivity index (χ2n) is 6.80. The lowest BCUT2D eigenvalue weighted by molar-refractivity contribution is -0.142. The molecule has 27 heavy (non-hydrogen) atoms. The first kappa shape index (κ1) is 18.8. The van der Waals surface area contributed by atoms with Crippen LogP contribution in [0.15, 0.2) is 54.6 Å². The highest BCUT2D eigenvalue weighted by Gasteiger charge is 2.22. The lowest BCUT2D eigenvalue weighted by atomic mass is 9.98. The van der Waals surface area contributed by atoms with Crippen molar-refractivity contribution < 1.29 is 19.1 Å². The van der Waals surface area contributed by atoms with E-state index in [1.54, 1.807) is 23.1 Å². The van der Waals surface area contributed by atoms with Crippen LogP contribution in [-0.2, 0) is 14.3 Å². The molecular weight excluding hydrogens is 342 g/mol. The first-order chi connectivity index (χ1) is 13.0. The third-order valence-electron chi connectivity index (χ3n) is 4.76. The number of ketones is 1. The van der Waals surface area contributed by atoms with Crippen molar-refractivity contribution in [3.63, 3.8) is 0 Å². The molecule has 0 bridgehead atoms. The van der Waals surface area contributed by atoms with E-state index in [0.29, 0.717) is 24.2 Å². The predicted molar refractivity (Wildman–Crippen MR) is 103 cm³/mol. The van der Waals surface area contributed by atoms with Crippen LogP contribution in [0.4, 0.5) is 5.69 Å². The Morgan fingerprint density at radius 1 is 1.11 bits per heavy atom. The predicted octanol–water partition coefficient (Wildman–Crippen LogP) is 3.73. The summed E-state index contributed by atoms with van der Waals surface area (Å²) < 4.78 is 5.17. The van der Waals surface area contributed by atoms with Crippen molar-refractivity contribution in [1.29, 1.82) is 0 Å². The van der Waals surface area contributed by atoms with E-state index in [4.69, 9.17) is 4.74 Å². The third-order valence-corrected chi connectivity index (χ3v) is 4.76. The van der Waals surface area contributed by atoms with Gasteiger partial charge in [-0.2, -0.15) is 0 Å². The summed E-state index contributed by atoms with van der Waals surface area (Å²) in [5.41, 5.74) is 2.22. The molecule has 0 spiro atoms. The van der Waals surface area contributed by atoms with Gasteiger partial charge in [-0.05, 0) is 30.0 Å². The summed E-state index contributed by atoms with van der Waals surface area (Å²) in [6, 6.07) is 16.6. The van der Waals surface area contributed by atoms with Gasteiger partial charge in [-0.3, -0.25) is 14.4 Å². The number of hydrogen-bond acceptors (Lipinski definition) is 4. The minimum absolute atomic E-state index is 0.0262. The topological polar surface area (TPSA) is 63.7 Å². The maximum atomic E-state index is 12.4. The number of nitrogens with zero attached hydrogens (tertiary/aromatic N) is 1. The Balaban J connectivity index is 1.54. The highest BCUT2D eigenvalue weighted by atomic mass is 16.5. The van der Waals surface area contributed by atoms with Gasteiger partial charge < -0.3 is 9.64 Å². The Bertz CT molecular complexity index is 831. The molecule has 0 saturated carbocycles. The molecule has 3 rings (SSSR count). The van der Waals surface area contributed by atoms with Gasteiger partial charge in [-0.1, -0.05) is 49.4 Å². The van der Waals surface area contributed by atoms with Gasteiger partial charge in [0.25, 0.3) is 0 Å². The fourth-order valence-corrected chi connectivity index (χ4v) is 3.21. The molecule has 1 heterocycles. The summed E-state index contributed by atoms with van der Waals surface area (Å²) in [6.07, 6.45) is 1.59. The van der Waals surface area contributed by atoms with Crippen LogP contribution in [0, 0.1) is 0 Å². The Morgan fingerprint density at radius 2 is 1.89 bits per heavy atom. The summed E-state index contributed by atoms with van der Waals surface area (Å²) >= 11 is 0. The number of anilines is 1. The second kappa shape index (κ2) is 8.62. The van der Waals surface area contributed by atoms with E-state index in [-0.39, 0.29) is 30.6 Å². The fraction of sp³-hybridized carbons (Fsp3) is 0.318. The number of hydrogen-bond donors (Lipinski definition) is 0. The van der Waals surface area contributed by atoms with E-state index in [2.05, 4.69) is 0 Å². The minimum Gasteiger partial charge on any atom is -0.457 e. The largest absolute Gasteiger partial charge is 0.457 e. The van der Waals surface area contributed by atoms with Crippen molar-refractivity contribution in [2.45, 2.75) is 32.1 Å². The zero-order chi connectivity index (χ0) is 19.2. The van der Waals surface area contributed by atoms with Crippen molar-refractivity contribution in [2.75, 3.05) is 18.1 Å². The number of ether oxygens (including phenoxy) is 1. The summed E-state index contributed by atoms with van der Waals surface area (Å²) in [4.78, 5) is 38.0. The number of amides is 1. The Kier molecular flexibility index (Phi) is 6.01. The minimum atomic E-state index is -0.398. The number of esters is 1. The molecule has 1 aliphatic heterocycles. The Labute approximate surface area is 158 Å². The molecule has 1 fully saturated rings. The molecule has 0 aromatic heterocycles. The molecule has 1 saturated heterocycles. The SMILES string of the molecule is C[C@H](CC(=O)OCC(=O)c1cccc(N2CCCC2=O)c1)c1ccccc1. The zero-order valence-electron chi connectivity index (χ0n) is 15.4. The number of carbonyl (C=O) groups is 3. The molecule has 1 atom stereocenters. The van der Waals surface area contributed by atoms with Crippen LogP contribution in [0.2, 0.25) is 0 Å². The molecule has 0 aliphatic carbocycles. The molecule has 1 amide bonds. The number of carbonyl (C=O) groups excluding carboxylic acids is 3. The van der Waals surface area contributed by atoms with Crippen LogP contribution >= 0.6 is 0 Å². The van der Waals surface area contributed by atoms with Crippen molar-refractivity contribution >= 4 is 23.3 Å². The Morgan fingerprint density at radius 3 is 2.59 bits per heavy atom. The van der Waals surface area contributed by atoms with Crippen molar-refractivity contribution in [2.24, 2.45) is 0 Å². The summed E-state index contributed by atoms with van der Waals surface area (Å²) in [7, 11) is 0. The van der Waals surface area contributed by atoms with E-state index in [9.17, 15) is 14.4 Å². The second-order valence-corrected chi connectivity index (χ2v) is 6.80. The van der Waals surface area contributed by atoms with Gasteiger partial charge >= 0.3 is 5.97 Å². The van der Waals surface area contributed by atoms with Crippen molar-refractivity contribution in [3.05, 3.63) is 65.7 Å². The maximum Gasteiger partial charge on any atom is 0.306 e. The van der Waals surface area contributed by atoms with E-state index in [1.165, 1.54) is 0 Å². The van der Waals surface area contributed by atoms with Gasteiger partial charge in [0.2, 0.25) is 5.91 Å². The van der Waals surface area contributed by atoms with E-state index in [0.717, 1.165) is 12.0 Å². The monoisotopic (exact) mass is 365 g/mol. The summed E-state index contributed by atoms with van der Waals surface area (Å²) in [5, 5.41) is 0. The van der Waals surface area contributed by atoms with E-state index >= 15 is 0 Å². The van der Waals surface area contributed by atoms with E-state index in [1.807, 2.05) is 43.3 Å². The quantitative estimate of drug-likeness (QED) is 0.554. The van der Waals surface area contributed by atoms with Gasteiger partial charge in [0.05, 0.1) is 6.42 Å². The molecule has 0 N–H and O–H groups in total. The lowest BCUT2D eigenvalue weighted by Gasteiger charge is -2.16. The van der Waals surface area contributed by atoms with Crippen LogP contribution in [-0.4, -0.2) is 30.8 Å². The van der Waals surface area contributed by atoms with Gasteiger partial charge in [0.1, 0.15) is 0 Å². The van der Waals surface area contributed by atoms with Crippen molar-refractivity contribution in [1.82, 2.24) is 0 Å². The van der Waals surface area contributed by atoms with Crippen LogP contribution < -0.4 is 4.90 Å². The smallest absolute Gasteiger partial charge is 0.306 e. The Hall–Kier alpha value is -2.95. The van der Waals surface area contributed by atoms with Crippen LogP contribution in [0.1, 0.15) is 48.0 Å². The highest BCUT2D eigenvalue weighted by molar-refractivity contribution is 6.01. The molecule has 0 radical (unpaired) electrons. The van der Waals surface area contributed by atoms with Crippen LogP contribution in [0.5, 0.6) is 0 Å². The molecule has 2 aromatic carbocycles. The number of Topliss-reactive ketones (excluding diaryl/α,β-unsaturated/α-hetero) is 1. The molecular formula is C22H23NO4. The zero-order valence-corrected chi connectivity index (χ0v) is 15.4. The first-order valence-electron chi connectivity index (χ1n) is 9.19. The fourth-order valence-electron chi connectivity index (χ4n) is 3.21. The van der Waals surface area contributed by atoms with Gasteiger partial charge in [0, 0.05) is 24.2 Å². The summed E-state index contributed by atoms with van der Waals surface area (Å²) in [6.45, 7) is 2.33. The average Bonchev–Trinajstić information content (AvgIpc) is 3.13. The third kappa shape index (κ3) is 4.82. The normalized spacial score (nSPS) is 14.9. The lowest BCUT2D eigenvalue weighted by Crippen LogP contribution is -2.24. The molecule has 1 aliphatic rings. The number of rotatable bonds is 7. The van der Waals surface area contributed by atoms with Crippen LogP contribution in [0.3, 0.4) is 0 Å². The molecule has 5 heteroatoms. The van der Waals surface area contributed by atoms with E-state index < -0.39 is 5.97 Å². The molecule has 2 aromatic rings. The van der Waals surface area contributed by atoms with Gasteiger partial charge in [-0.15, -0.1) is 0 Å². The van der Waals surface area contributed by atoms with Gasteiger partial charge in [0.15, 0.2) is 12.4 Å². The molecule has 140 valence electrons.